The molecule has 0 amide bonds. The molecule has 0 saturated carbocycles. The van der Waals surface area contributed by atoms with Crippen molar-refractivity contribution in [3.8, 4) is 22.9 Å². The van der Waals surface area contributed by atoms with Crippen molar-refractivity contribution in [3.05, 3.63) is 35.1 Å². The van der Waals surface area contributed by atoms with E-state index in [1.54, 1.807) is 13.2 Å². The van der Waals surface area contributed by atoms with E-state index in [2.05, 4.69) is 9.97 Å². The number of benzene rings is 1. The molecule has 1 aliphatic rings. The maximum Gasteiger partial charge on any atom is 0.231 e. The molecule has 98 valence electrons. The summed E-state index contributed by atoms with van der Waals surface area (Å²) in [7, 11) is 1.61. The Morgan fingerprint density at radius 1 is 1.21 bits per heavy atom. The molecule has 0 atom stereocenters. The summed E-state index contributed by atoms with van der Waals surface area (Å²) in [6.07, 6.45) is 0. The van der Waals surface area contributed by atoms with E-state index < -0.39 is 0 Å². The van der Waals surface area contributed by atoms with Gasteiger partial charge in [0.1, 0.15) is 5.15 Å². The first-order valence-electron chi connectivity index (χ1n) is 5.68. The minimum Gasteiger partial charge on any atom is -0.454 e. The molecule has 0 spiro atoms. The molecule has 6 heteroatoms. The van der Waals surface area contributed by atoms with Crippen molar-refractivity contribution in [1.29, 1.82) is 0 Å². The topological polar surface area (TPSA) is 53.5 Å². The highest BCUT2D eigenvalue weighted by molar-refractivity contribution is 6.29. The van der Waals surface area contributed by atoms with E-state index in [1.807, 2.05) is 18.2 Å². The lowest BCUT2D eigenvalue weighted by Crippen LogP contribution is -1.97. The Hall–Kier alpha value is -1.85. The lowest BCUT2D eigenvalue weighted by molar-refractivity contribution is 0.174. The van der Waals surface area contributed by atoms with Crippen molar-refractivity contribution in [3.63, 3.8) is 0 Å². The minimum atomic E-state index is 0.240. The van der Waals surface area contributed by atoms with E-state index in [9.17, 15) is 0 Å². The van der Waals surface area contributed by atoms with Gasteiger partial charge in [0.2, 0.25) is 6.79 Å². The van der Waals surface area contributed by atoms with Crippen LogP contribution in [-0.4, -0.2) is 23.9 Å². The monoisotopic (exact) mass is 278 g/mol. The Bertz CT molecular complexity index is 619. The van der Waals surface area contributed by atoms with E-state index in [0.717, 1.165) is 17.0 Å². The standard InChI is InChI=1S/C13H11ClN2O3/c1-17-6-9-5-12(14)16-13(15-9)8-2-3-10-11(4-8)19-7-18-10/h2-5H,6-7H2,1H3. The molecule has 0 fully saturated rings. The number of hydrogen-bond donors (Lipinski definition) is 0. The molecule has 1 aromatic carbocycles. The van der Waals surface area contributed by atoms with Gasteiger partial charge in [-0.2, -0.15) is 0 Å². The lowest BCUT2D eigenvalue weighted by atomic mass is 10.2. The molecule has 1 aliphatic heterocycles. The van der Waals surface area contributed by atoms with Crippen LogP contribution in [0.4, 0.5) is 0 Å². The number of rotatable bonds is 3. The van der Waals surface area contributed by atoms with Crippen LogP contribution in [-0.2, 0) is 11.3 Å². The van der Waals surface area contributed by atoms with Gasteiger partial charge in [-0.3, -0.25) is 0 Å². The Morgan fingerprint density at radius 3 is 2.89 bits per heavy atom. The largest absolute Gasteiger partial charge is 0.454 e. The van der Waals surface area contributed by atoms with Crippen LogP contribution >= 0.6 is 11.6 Å². The molecular weight excluding hydrogens is 268 g/mol. The van der Waals surface area contributed by atoms with Crippen LogP contribution in [0.15, 0.2) is 24.3 Å². The van der Waals surface area contributed by atoms with E-state index in [0.29, 0.717) is 23.3 Å². The van der Waals surface area contributed by atoms with E-state index in [4.69, 9.17) is 25.8 Å². The highest BCUT2D eigenvalue weighted by Gasteiger charge is 2.15. The van der Waals surface area contributed by atoms with Gasteiger partial charge in [-0.15, -0.1) is 0 Å². The maximum atomic E-state index is 5.99. The quantitative estimate of drug-likeness (QED) is 0.808. The number of aromatic nitrogens is 2. The third-order valence-corrected chi connectivity index (χ3v) is 2.86. The summed E-state index contributed by atoms with van der Waals surface area (Å²) in [5.41, 5.74) is 1.55. The predicted octanol–water partition coefficient (Wildman–Crippen LogP) is 2.67. The van der Waals surface area contributed by atoms with Gasteiger partial charge in [0.25, 0.3) is 0 Å². The first kappa shape index (κ1) is 12.2. The smallest absolute Gasteiger partial charge is 0.231 e. The molecule has 0 bridgehead atoms. The molecule has 5 nitrogen and oxygen atoms in total. The Labute approximate surface area is 115 Å². The molecular formula is C13H11ClN2O3. The van der Waals surface area contributed by atoms with Gasteiger partial charge in [-0.25, -0.2) is 9.97 Å². The SMILES string of the molecule is COCc1cc(Cl)nc(-c2ccc3c(c2)OCO3)n1. The first-order chi connectivity index (χ1) is 9.26. The van der Waals surface area contributed by atoms with Crippen LogP contribution < -0.4 is 9.47 Å². The van der Waals surface area contributed by atoms with Crippen LogP contribution in [0.5, 0.6) is 11.5 Å². The molecule has 0 saturated heterocycles. The Kier molecular flexibility index (Phi) is 3.23. The summed E-state index contributed by atoms with van der Waals surface area (Å²) in [5, 5.41) is 0.384. The lowest BCUT2D eigenvalue weighted by Gasteiger charge is -2.05. The van der Waals surface area contributed by atoms with Crippen LogP contribution in [0.1, 0.15) is 5.69 Å². The van der Waals surface area contributed by atoms with E-state index >= 15 is 0 Å². The summed E-state index contributed by atoms with van der Waals surface area (Å²) in [5.74, 6) is 1.95. The number of methoxy groups -OCH3 is 1. The van der Waals surface area contributed by atoms with Crippen molar-refractivity contribution in [2.24, 2.45) is 0 Å². The second-order valence-electron chi connectivity index (χ2n) is 4.01. The van der Waals surface area contributed by atoms with Crippen molar-refractivity contribution in [2.45, 2.75) is 6.61 Å². The summed E-state index contributed by atoms with van der Waals surface area (Å²) in [4.78, 5) is 8.62. The second-order valence-corrected chi connectivity index (χ2v) is 4.39. The number of ether oxygens (including phenoxy) is 3. The molecule has 0 N–H and O–H groups in total. The van der Waals surface area contributed by atoms with Gasteiger partial charge in [0.15, 0.2) is 17.3 Å². The number of halogens is 1. The average Bonchev–Trinajstić information content (AvgIpc) is 2.85. The fourth-order valence-electron chi connectivity index (χ4n) is 1.85. The van der Waals surface area contributed by atoms with Gasteiger partial charge >= 0.3 is 0 Å². The van der Waals surface area contributed by atoms with E-state index in [1.165, 1.54) is 0 Å². The predicted molar refractivity (Wildman–Crippen MR) is 69.3 cm³/mol. The molecule has 1 aromatic heterocycles. The third kappa shape index (κ3) is 2.47. The van der Waals surface area contributed by atoms with Crippen LogP contribution in [0.2, 0.25) is 5.15 Å². The van der Waals surface area contributed by atoms with E-state index in [-0.39, 0.29) is 6.79 Å². The molecule has 0 aliphatic carbocycles. The minimum absolute atomic E-state index is 0.240. The highest BCUT2D eigenvalue weighted by atomic mass is 35.5. The number of hydrogen-bond acceptors (Lipinski definition) is 5. The maximum absolute atomic E-state index is 5.99. The van der Waals surface area contributed by atoms with Gasteiger partial charge in [-0.05, 0) is 24.3 Å². The second kappa shape index (κ2) is 5.03. The van der Waals surface area contributed by atoms with Gasteiger partial charge in [0, 0.05) is 12.7 Å². The number of nitrogens with zero attached hydrogens (tertiary/aromatic N) is 2. The molecule has 2 aromatic rings. The molecule has 0 unspecified atom stereocenters. The van der Waals surface area contributed by atoms with Crippen LogP contribution in [0.25, 0.3) is 11.4 Å². The van der Waals surface area contributed by atoms with Gasteiger partial charge < -0.3 is 14.2 Å². The van der Waals surface area contributed by atoms with Crippen LogP contribution in [0, 0.1) is 0 Å². The van der Waals surface area contributed by atoms with Crippen molar-refractivity contribution in [2.75, 3.05) is 13.9 Å². The van der Waals surface area contributed by atoms with Crippen LogP contribution in [0.3, 0.4) is 0 Å². The zero-order valence-electron chi connectivity index (χ0n) is 10.2. The average molecular weight is 279 g/mol. The Morgan fingerprint density at radius 2 is 2.05 bits per heavy atom. The molecule has 2 heterocycles. The molecule has 0 radical (unpaired) electrons. The summed E-state index contributed by atoms with van der Waals surface area (Å²) in [6, 6.07) is 7.22. The summed E-state index contributed by atoms with van der Waals surface area (Å²) in [6.45, 7) is 0.629. The molecule has 3 rings (SSSR count). The summed E-state index contributed by atoms with van der Waals surface area (Å²) < 4.78 is 15.7. The zero-order chi connectivity index (χ0) is 13.2. The first-order valence-corrected chi connectivity index (χ1v) is 6.06. The van der Waals surface area contributed by atoms with Crippen molar-refractivity contribution < 1.29 is 14.2 Å². The number of fused-ring (bicyclic) bond motifs is 1. The fourth-order valence-corrected chi connectivity index (χ4v) is 2.06. The molecule has 19 heavy (non-hydrogen) atoms. The van der Waals surface area contributed by atoms with Gasteiger partial charge in [-0.1, -0.05) is 11.6 Å². The highest BCUT2D eigenvalue weighted by Crippen LogP contribution is 2.35. The zero-order valence-corrected chi connectivity index (χ0v) is 11.0. The third-order valence-electron chi connectivity index (χ3n) is 2.67. The van der Waals surface area contributed by atoms with Crippen molar-refractivity contribution >= 4 is 11.6 Å². The van der Waals surface area contributed by atoms with Gasteiger partial charge in [0.05, 0.1) is 12.3 Å². The Balaban J connectivity index is 2.01. The summed E-state index contributed by atoms with van der Waals surface area (Å²) >= 11 is 5.99. The normalized spacial score (nSPS) is 12.7. The van der Waals surface area contributed by atoms with Crippen molar-refractivity contribution in [1.82, 2.24) is 9.97 Å². The fraction of sp³-hybridized carbons (Fsp3) is 0.231.